The van der Waals surface area contributed by atoms with Crippen LogP contribution in [0.1, 0.15) is 27.2 Å². The molecule has 0 saturated heterocycles. The normalized spacial score (nSPS) is 10.6. The van der Waals surface area contributed by atoms with Gasteiger partial charge >= 0.3 is 0 Å². The lowest BCUT2D eigenvalue weighted by molar-refractivity contribution is -0.130. The molecule has 0 heterocycles. The van der Waals surface area contributed by atoms with Crippen molar-refractivity contribution in [3.8, 4) is 6.07 Å². The van der Waals surface area contributed by atoms with Crippen LogP contribution in [-0.2, 0) is 9.53 Å². The van der Waals surface area contributed by atoms with Gasteiger partial charge in [0.25, 0.3) is 0 Å². The third-order valence-electron chi connectivity index (χ3n) is 1.20. The monoisotopic (exact) mass is 184 g/mol. The van der Waals surface area contributed by atoms with Crippen LogP contribution < -0.4 is 5.32 Å². The average molecular weight is 184 g/mol. The van der Waals surface area contributed by atoms with E-state index in [0.29, 0.717) is 13.0 Å². The molecule has 0 rings (SSSR count). The summed E-state index contributed by atoms with van der Waals surface area (Å²) in [5.41, 5.74) is -0.299. The predicted octanol–water partition coefficient (Wildman–Crippen LogP) is 0.831. The van der Waals surface area contributed by atoms with Gasteiger partial charge in [0.15, 0.2) is 0 Å². The zero-order chi connectivity index (χ0) is 10.3. The summed E-state index contributed by atoms with van der Waals surface area (Å²) in [4.78, 5) is 11.0. The Morgan fingerprint density at radius 2 is 2.15 bits per heavy atom. The first-order chi connectivity index (χ1) is 5.95. The smallest absolute Gasteiger partial charge is 0.246 e. The Bertz CT molecular complexity index is 201. The Hall–Kier alpha value is -1.08. The molecule has 4 heteroatoms. The molecule has 1 amide bonds. The van der Waals surface area contributed by atoms with Crippen LogP contribution in [0.4, 0.5) is 0 Å². The zero-order valence-corrected chi connectivity index (χ0v) is 8.39. The van der Waals surface area contributed by atoms with Gasteiger partial charge in [0, 0.05) is 6.54 Å². The van der Waals surface area contributed by atoms with E-state index < -0.39 is 0 Å². The molecule has 0 aliphatic carbocycles. The number of hydrogen-bond donors (Lipinski definition) is 1. The van der Waals surface area contributed by atoms with Crippen molar-refractivity contribution < 1.29 is 9.53 Å². The van der Waals surface area contributed by atoms with E-state index >= 15 is 0 Å². The van der Waals surface area contributed by atoms with E-state index in [1.54, 1.807) is 0 Å². The van der Waals surface area contributed by atoms with Gasteiger partial charge in [-0.15, -0.1) is 0 Å². The fourth-order valence-corrected chi connectivity index (χ4v) is 0.591. The molecule has 0 bridgehead atoms. The average Bonchev–Trinajstić information content (AvgIpc) is 2.00. The SMILES string of the molecule is CC(C)(C)OCC(=O)NCCC#N. The highest BCUT2D eigenvalue weighted by molar-refractivity contribution is 5.77. The van der Waals surface area contributed by atoms with Crippen molar-refractivity contribution in [3.05, 3.63) is 0 Å². The number of nitrogens with one attached hydrogen (secondary N) is 1. The highest BCUT2D eigenvalue weighted by Crippen LogP contribution is 2.05. The quantitative estimate of drug-likeness (QED) is 0.658. The van der Waals surface area contributed by atoms with E-state index in [9.17, 15) is 4.79 Å². The van der Waals surface area contributed by atoms with Crippen molar-refractivity contribution in [1.29, 1.82) is 5.26 Å². The Morgan fingerprint density at radius 1 is 1.54 bits per heavy atom. The second-order valence-electron chi connectivity index (χ2n) is 3.66. The number of nitriles is 1. The van der Waals surface area contributed by atoms with Crippen LogP contribution in [0.3, 0.4) is 0 Å². The van der Waals surface area contributed by atoms with Crippen molar-refractivity contribution in [2.75, 3.05) is 13.2 Å². The maximum atomic E-state index is 11.0. The van der Waals surface area contributed by atoms with E-state index in [1.165, 1.54) is 0 Å². The molecule has 0 aromatic rings. The minimum absolute atomic E-state index is 0.0505. The molecule has 0 aromatic heterocycles. The van der Waals surface area contributed by atoms with Gasteiger partial charge in [0.2, 0.25) is 5.91 Å². The Labute approximate surface area is 78.9 Å². The van der Waals surface area contributed by atoms with E-state index in [-0.39, 0.29) is 18.1 Å². The van der Waals surface area contributed by atoms with Gasteiger partial charge in [0.05, 0.1) is 18.1 Å². The van der Waals surface area contributed by atoms with Gasteiger partial charge in [-0.25, -0.2) is 0 Å². The number of amides is 1. The van der Waals surface area contributed by atoms with Gasteiger partial charge in [-0.3, -0.25) is 4.79 Å². The molecular weight excluding hydrogens is 168 g/mol. The lowest BCUT2D eigenvalue weighted by Gasteiger charge is -2.18. The lowest BCUT2D eigenvalue weighted by Crippen LogP contribution is -2.32. The molecule has 0 atom stereocenters. The van der Waals surface area contributed by atoms with Gasteiger partial charge < -0.3 is 10.1 Å². The number of ether oxygens (including phenoxy) is 1. The van der Waals surface area contributed by atoms with E-state index in [4.69, 9.17) is 10.00 Å². The van der Waals surface area contributed by atoms with Gasteiger partial charge in [0.1, 0.15) is 6.61 Å². The van der Waals surface area contributed by atoms with Crippen LogP contribution in [0.5, 0.6) is 0 Å². The number of nitrogens with zero attached hydrogens (tertiary/aromatic N) is 1. The van der Waals surface area contributed by atoms with Crippen molar-refractivity contribution in [3.63, 3.8) is 0 Å². The minimum atomic E-state index is -0.299. The summed E-state index contributed by atoms with van der Waals surface area (Å²) < 4.78 is 5.23. The number of carbonyl (C=O) groups is 1. The van der Waals surface area contributed by atoms with Gasteiger partial charge in [-0.2, -0.15) is 5.26 Å². The van der Waals surface area contributed by atoms with Crippen LogP contribution in [-0.4, -0.2) is 24.7 Å². The highest BCUT2D eigenvalue weighted by atomic mass is 16.5. The molecule has 0 saturated carbocycles. The van der Waals surface area contributed by atoms with Crippen LogP contribution in [0.25, 0.3) is 0 Å². The second kappa shape index (κ2) is 5.55. The summed E-state index contributed by atoms with van der Waals surface area (Å²) in [6.45, 7) is 6.10. The fraction of sp³-hybridized carbons (Fsp3) is 0.778. The Morgan fingerprint density at radius 3 is 2.62 bits per heavy atom. The molecule has 74 valence electrons. The molecule has 0 radical (unpaired) electrons. The minimum Gasteiger partial charge on any atom is -0.366 e. The molecule has 0 unspecified atom stereocenters. The van der Waals surface area contributed by atoms with Crippen molar-refractivity contribution >= 4 is 5.91 Å². The predicted molar refractivity (Wildman–Crippen MR) is 48.9 cm³/mol. The van der Waals surface area contributed by atoms with Crippen molar-refractivity contribution in [2.24, 2.45) is 0 Å². The molecule has 0 spiro atoms. The molecule has 4 nitrogen and oxygen atoms in total. The third kappa shape index (κ3) is 8.83. The number of carbonyl (C=O) groups excluding carboxylic acids is 1. The zero-order valence-electron chi connectivity index (χ0n) is 8.39. The van der Waals surface area contributed by atoms with Crippen molar-refractivity contribution in [2.45, 2.75) is 32.8 Å². The van der Waals surface area contributed by atoms with E-state index in [0.717, 1.165) is 0 Å². The Balaban J connectivity index is 3.48. The number of rotatable bonds is 4. The Kier molecular flexibility index (Phi) is 5.09. The first-order valence-electron chi connectivity index (χ1n) is 4.23. The summed E-state index contributed by atoms with van der Waals surface area (Å²) in [5, 5.41) is 10.8. The van der Waals surface area contributed by atoms with Crippen molar-refractivity contribution in [1.82, 2.24) is 5.32 Å². The maximum Gasteiger partial charge on any atom is 0.246 e. The number of hydrogen-bond acceptors (Lipinski definition) is 3. The molecule has 0 aliphatic rings. The highest BCUT2D eigenvalue weighted by Gasteiger charge is 2.12. The lowest BCUT2D eigenvalue weighted by atomic mass is 10.2. The maximum absolute atomic E-state index is 11.0. The topological polar surface area (TPSA) is 62.1 Å². The van der Waals surface area contributed by atoms with Crippen LogP contribution in [0.15, 0.2) is 0 Å². The first-order valence-corrected chi connectivity index (χ1v) is 4.23. The molecule has 0 aliphatic heterocycles. The van der Waals surface area contributed by atoms with E-state index in [1.807, 2.05) is 26.8 Å². The summed E-state index contributed by atoms with van der Waals surface area (Å²) >= 11 is 0. The molecule has 13 heavy (non-hydrogen) atoms. The molecule has 1 N–H and O–H groups in total. The first kappa shape index (κ1) is 11.9. The van der Waals surface area contributed by atoms with Gasteiger partial charge in [-0.1, -0.05) is 0 Å². The van der Waals surface area contributed by atoms with Crippen LogP contribution in [0, 0.1) is 11.3 Å². The molecular formula is C9H16N2O2. The van der Waals surface area contributed by atoms with E-state index in [2.05, 4.69) is 5.32 Å². The summed E-state index contributed by atoms with van der Waals surface area (Å²) in [6.07, 6.45) is 0.335. The molecule has 0 fully saturated rings. The van der Waals surface area contributed by atoms with Crippen LogP contribution >= 0.6 is 0 Å². The summed E-state index contributed by atoms with van der Waals surface area (Å²) in [6, 6.07) is 1.94. The van der Waals surface area contributed by atoms with Gasteiger partial charge in [-0.05, 0) is 20.8 Å². The summed E-state index contributed by atoms with van der Waals surface area (Å²) in [5.74, 6) is -0.176. The standard InChI is InChI=1S/C9H16N2O2/c1-9(2,3)13-7-8(12)11-6-4-5-10/h4,6-7H2,1-3H3,(H,11,12). The summed E-state index contributed by atoms with van der Waals surface area (Å²) in [7, 11) is 0. The fourth-order valence-electron chi connectivity index (χ4n) is 0.591. The third-order valence-corrected chi connectivity index (χ3v) is 1.20. The van der Waals surface area contributed by atoms with Crippen LogP contribution in [0.2, 0.25) is 0 Å². The second-order valence-corrected chi connectivity index (χ2v) is 3.66. The molecule has 0 aromatic carbocycles. The largest absolute Gasteiger partial charge is 0.366 e.